The number of esters is 2. The van der Waals surface area contributed by atoms with E-state index in [0.29, 0.717) is 34.1 Å². The highest BCUT2D eigenvalue weighted by Gasteiger charge is 2.27. The second-order valence-electron chi connectivity index (χ2n) is 8.71. The number of anilines is 1. The Kier molecular flexibility index (Phi) is 9.98. The lowest BCUT2D eigenvalue weighted by molar-refractivity contribution is -0.115. The van der Waals surface area contributed by atoms with Crippen molar-refractivity contribution in [2.24, 2.45) is 4.99 Å². The largest absolute Gasteiger partial charge is 0.462 e. The lowest BCUT2D eigenvalue weighted by Gasteiger charge is -2.12. The average Bonchev–Trinajstić information content (AvgIpc) is 3.45. The van der Waals surface area contributed by atoms with Gasteiger partial charge in [-0.15, -0.1) is 23.1 Å². The van der Waals surface area contributed by atoms with Gasteiger partial charge in [-0.3, -0.25) is 9.59 Å². The van der Waals surface area contributed by atoms with E-state index >= 15 is 0 Å². The van der Waals surface area contributed by atoms with Crippen molar-refractivity contribution in [3.05, 3.63) is 44.6 Å². The first-order chi connectivity index (χ1) is 18.9. The summed E-state index contributed by atoms with van der Waals surface area (Å²) >= 11 is 3.93. The van der Waals surface area contributed by atoms with Crippen LogP contribution in [0.3, 0.4) is 0 Å². The maximum absolute atomic E-state index is 12.7. The van der Waals surface area contributed by atoms with E-state index in [0.717, 1.165) is 46.3 Å². The van der Waals surface area contributed by atoms with E-state index < -0.39 is 11.9 Å². The van der Waals surface area contributed by atoms with Gasteiger partial charge in [-0.2, -0.15) is 4.99 Å². The number of rotatable bonds is 10. The molecule has 12 heteroatoms. The van der Waals surface area contributed by atoms with Gasteiger partial charge in [0.15, 0.2) is 4.80 Å². The maximum atomic E-state index is 12.7. The third kappa shape index (κ3) is 6.79. The van der Waals surface area contributed by atoms with Crippen molar-refractivity contribution in [3.8, 4) is 0 Å². The summed E-state index contributed by atoms with van der Waals surface area (Å²) in [6.45, 7) is 6.64. The Labute approximate surface area is 238 Å². The van der Waals surface area contributed by atoms with Gasteiger partial charge in [-0.25, -0.2) is 9.59 Å². The van der Waals surface area contributed by atoms with Crippen LogP contribution in [-0.2, 0) is 38.4 Å². The zero-order valence-corrected chi connectivity index (χ0v) is 24.6. The molecule has 0 fully saturated rings. The lowest BCUT2D eigenvalue weighted by Crippen LogP contribution is -2.19. The van der Waals surface area contributed by atoms with Crippen LogP contribution in [0.2, 0.25) is 0 Å². The summed E-state index contributed by atoms with van der Waals surface area (Å²) < 4.78 is 13.1. The Morgan fingerprint density at radius 3 is 2.49 bits per heavy atom. The fourth-order valence-electron chi connectivity index (χ4n) is 4.41. The second kappa shape index (κ2) is 13.4. The molecule has 0 unspecified atom stereocenters. The van der Waals surface area contributed by atoms with Crippen molar-refractivity contribution in [1.82, 2.24) is 4.57 Å². The van der Waals surface area contributed by atoms with E-state index in [1.165, 1.54) is 34.4 Å². The van der Waals surface area contributed by atoms with Crippen LogP contribution in [0.4, 0.5) is 5.00 Å². The highest BCUT2D eigenvalue weighted by molar-refractivity contribution is 8.00. The smallest absolute Gasteiger partial charge is 0.341 e. The molecule has 4 rings (SSSR count). The van der Waals surface area contributed by atoms with Gasteiger partial charge in [0, 0.05) is 11.4 Å². The molecular formula is C27H31N3O6S3. The molecule has 39 heavy (non-hydrogen) atoms. The molecule has 2 aromatic heterocycles. The van der Waals surface area contributed by atoms with E-state index in [4.69, 9.17) is 9.47 Å². The number of thioether (sulfide) groups is 1. The van der Waals surface area contributed by atoms with Crippen molar-refractivity contribution in [2.75, 3.05) is 30.0 Å². The molecule has 208 valence electrons. The minimum Gasteiger partial charge on any atom is -0.462 e. The molecule has 0 atom stereocenters. The molecule has 3 aromatic rings. The number of nitrogens with zero attached hydrogens (tertiary/aromatic N) is 2. The average molecular weight is 590 g/mol. The molecule has 1 aliphatic carbocycles. The summed E-state index contributed by atoms with van der Waals surface area (Å²) in [6.07, 6.45) is 3.78. The minimum atomic E-state index is -0.407. The SMILES string of the molecule is CCOC(=O)c1ccc2c(c1)sc(=NC(=O)CSCC(=O)Nc1sc3c(c1C(=O)OCC)CCCC3)n2CC. The lowest BCUT2D eigenvalue weighted by atomic mass is 9.95. The minimum absolute atomic E-state index is 0.0329. The highest BCUT2D eigenvalue weighted by Crippen LogP contribution is 2.38. The zero-order chi connectivity index (χ0) is 27.9. The molecule has 0 radical (unpaired) electrons. The van der Waals surface area contributed by atoms with Crippen LogP contribution in [0.25, 0.3) is 10.2 Å². The van der Waals surface area contributed by atoms with E-state index in [1.54, 1.807) is 26.0 Å². The van der Waals surface area contributed by atoms with E-state index in [9.17, 15) is 19.2 Å². The molecular weight excluding hydrogens is 559 g/mol. The van der Waals surface area contributed by atoms with Gasteiger partial charge in [0.05, 0.1) is 46.1 Å². The summed E-state index contributed by atoms with van der Waals surface area (Å²) in [5, 5.41) is 3.39. The molecule has 1 aromatic carbocycles. The quantitative estimate of drug-likeness (QED) is 0.337. The van der Waals surface area contributed by atoms with Crippen molar-refractivity contribution >= 4 is 73.4 Å². The number of thiophene rings is 1. The summed E-state index contributed by atoms with van der Waals surface area (Å²) in [6, 6.07) is 5.29. The normalized spacial score (nSPS) is 13.3. The van der Waals surface area contributed by atoms with Gasteiger partial charge in [0.2, 0.25) is 5.91 Å². The number of aromatic nitrogens is 1. The first kappa shape index (κ1) is 29.0. The van der Waals surface area contributed by atoms with Crippen LogP contribution in [0.5, 0.6) is 0 Å². The molecule has 2 amide bonds. The number of aryl methyl sites for hydroxylation is 2. The zero-order valence-electron chi connectivity index (χ0n) is 22.2. The molecule has 1 N–H and O–H groups in total. The number of nitrogens with one attached hydrogen (secondary N) is 1. The van der Waals surface area contributed by atoms with Gasteiger partial charge >= 0.3 is 11.9 Å². The van der Waals surface area contributed by atoms with Gasteiger partial charge in [-0.05, 0) is 70.2 Å². The van der Waals surface area contributed by atoms with Gasteiger partial charge < -0.3 is 19.4 Å². The number of amides is 2. The third-order valence-corrected chi connectivity index (χ3v) is 9.26. The van der Waals surface area contributed by atoms with Gasteiger partial charge in [0.1, 0.15) is 5.00 Å². The molecule has 0 bridgehead atoms. The molecule has 1 aliphatic rings. The topological polar surface area (TPSA) is 116 Å². The monoisotopic (exact) mass is 589 g/mol. The predicted octanol–water partition coefficient (Wildman–Crippen LogP) is 4.82. The number of hydrogen-bond donors (Lipinski definition) is 1. The summed E-state index contributed by atoms with van der Waals surface area (Å²) in [7, 11) is 0. The molecule has 2 heterocycles. The summed E-state index contributed by atoms with van der Waals surface area (Å²) in [4.78, 5) is 56.0. The number of thiazole rings is 1. The molecule has 0 saturated heterocycles. The Bertz CT molecular complexity index is 1470. The number of fused-ring (bicyclic) bond motifs is 2. The van der Waals surface area contributed by atoms with Crippen molar-refractivity contribution in [3.63, 3.8) is 0 Å². The Morgan fingerprint density at radius 1 is 1.00 bits per heavy atom. The van der Waals surface area contributed by atoms with Crippen LogP contribution >= 0.6 is 34.4 Å². The fraction of sp³-hybridized carbons (Fsp3) is 0.444. The number of hydrogen-bond acceptors (Lipinski definition) is 9. The van der Waals surface area contributed by atoms with Crippen molar-refractivity contribution < 1.29 is 28.7 Å². The Morgan fingerprint density at radius 2 is 1.74 bits per heavy atom. The van der Waals surface area contributed by atoms with E-state index in [-0.39, 0.29) is 29.9 Å². The highest BCUT2D eigenvalue weighted by atomic mass is 32.2. The maximum Gasteiger partial charge on any atom is 0.341 e. The van der Waals surface area contributed by atoms with E-state index in [2.05, 4.69) is 10.3 Å². The molecule has 9 nitrogen and oxygen atoms in total. The molecule has 0 aliphatic heterocycles. The number of ether oxygens (including phenoxy) is 2. The van der Waals surface area contributed by atoms with Crippen molar-refractivity contribution in [1.29, 1.82) is 0 Å². The Hall–Kier alpha value is -2.96. The number of benzene rings is 1. The van der Waals surface area contributed by atoms with Gasteiger partial charge in [0.25, 0.3) is 5.91 Å². The summed E-state index contributed by atoms with van der Waals surface area (Å²) in [5.74, 6) is -1.35. The number of carbonyl (C=O) groups excluding carboxylic acids is 4. The fourth-order valence-corrected chi connectivity index (χ4v) is 7.45. The van der Waals surface area contributed by atoms with Crippen molar-refractivity contribution in [2.45, 2.75) is 53.0 Å². The predicted molar refractivity (Wildman–Crippen MR) is 155 cm³/mol. The molecule has 0 saturated carbocycles. The van der Waals surface area contributed by atoms with Crippen LogP contribution in [-0.4, -0.2) is 53.0 Å². The van der Waals surface area contributed by atoms with Crippen LogP contribution in [0.1, 0.15) is 64.8 Å². The summed E-state index contributed by atoms with van der Waals surface area (Å²) in [5.41, 5.74) is 2.79. The third-order valence-electron chi connectivity index (χ3n) is 6.09. The second-order valence-corrected chi connectivity index (χ2v) is 11.8. The van der Waals surface area contributed by atoms with Crippen LogP contribution in [0.15, 0.2) is 23.2 Å². The van der Waals surface area contributed by atoms with E-state index in [1.807, 2.05) is 17.6 Å². The van der Waals surface area contributed by atoms with Gasteiger partial charge in [-0.1, -0.05) is 11.3 Å². The standard InChI is InChI=1S/C27H31N3O6S3/c1-4-30-18-12-11-16(25(33)35-5-2)13-20(18)39-27(30)29-22(32)15-37-14-21(31)28-24-23(26(34)36-6-3)17-9-7-8-10-19(17)38-24/h11-13H,4-10,14-15H2,1-3H3,(H,28,31). The van der Waals surface area contributed by atoms with Crippen LogP contribution in [0, 0.1) is 0 Å². The first-order valence-electron chi connectivity index (χ1n) is 12.9. The van der Waals surface area contributed by atoms with Crippen LogP contribution < -0.4 is 10.1 Å². The molecule has 0 spiro atoms. The first-order valence-corrected chi connectivity index (χ1v) is 15.7. The Balaban J connectivity index is 1.41. The number of carbonyl (C=O) groups is 4.